The summed E-state index contributed by atoms with van der Waals surface area (Å²) < 4.78 is 0. The number of nitrogen functional groups attached to an aromatic ring is 1. The fourth-order valence-electron chi connectivity index (χ4n) is 2.15. The molecule has 0 spiro atoms. The Balaban J connectivity index is 2.27. The normalized spacial score (nSPS) is 17.1. The summed E-state index contributed by atoms with van der Waals surface area (Å²) in [4.78, 5) is 13.3. The minimum atomic E-state index is -0.513. The minimum absolute atomic E-state index is 0.230. The molecule has 1 saturated heterocycles. The van der Waals surface area contributed by atoms with Gasteiger partial charge in [0.05, 0.1) is 23.0 Å². The molecular weight excluding hydrogens is 218 g/mol. The zero-order valence-electron chi connectivity index (χ0n) is 9.60. The molecule has 1 aliphatic heterocycles. The summed E-state index contributed by atoms with van der Waals surface area (Å²) in [6, 6.07) is 5.27. The van der Waals surface area contributed by atoms with Gasteiger partial charge in [-0.15, -0.1) is 0 Å². The van der Waals surface area contributed by atoms with Crippen molar-refractivity contribution in [3.8, 4) is 0 Å². The molecule has 17 heavy (non-hydrogen) atoms. The zero-order chi connectivity index (χ0) is 12.4. The van der Waals surface area contributed by atoms with Crippen LogP contribution in [0, 0.1) is 0 Å². The summed E-state index contributed by atoms with van der Waals surface area (Å²) >= 11 is 0. The number of carbonyl (C=O) groups is 1. The number of carbonyl (C=O) groups excluding carboxylic acids is 1. The molecule has 1 aromatic rings. The van der Waals surface area contributed by atoms with Gasteiger partial charge in [-0.25, -0.2) is 0 Å². The van der Waals surface area contributed by atoms with Crippen molar-refractivity contribution < 1.29 is 9.90 Å². The van der Waals surface area contributed by atoms with Crippen molar-refractivity contribution in [3.63, 3.8) is 0 Å². The lowest BCUT2D eigenvalue weighted by Gasteiger charge is -2.32. The average molecular weight is 235 g/mol. The summed E-state index contributed by atoms with van der Waals surface area (Å²) in [6.07, 6.45) is 1.22. The highest BCUT2D eigenvalue weighted by atomic mass is 16.3. The van der Waals surface area contributed by atoms with Crippen molar-refractivity contribution >= 4 is 17.3 Å². The molecule has 0 radical (unpaired) electrons. The second-order valence-corrected chi connectivity index (χ2v) is 4.32. The van der Waals surface area contributed by atoms with Gasteiger partial charge in [-0.2, -0.15) is 0 Å². The number of nitrogens with zero attached hydrogens (tertiary/aromatic N) is 1. The molecule has 0 bridgehead atoms. The van der Waals surface area contributed by atoms with Crippen LogP contribution in [-0.2, 0) is 0 Å². The molecule has 0 aliphatic carbocycles. The average Bonchev–Trinajstić information content (AvgIpc) is 2.30. The number of nitrogens with two attached hydrogens (primary N) is 2. The van der Waals surface area contributed by atoms with Crippen LogP contribution in [-0.4, -0.2) is 30.2 Å². The van der Waals surface area contributed by atoms with Crippen molar-refractivity contribution in [3.05, 3.63) is 23.8 Å². The molecule has 1 amide bonds. The molecule has 1 heterocycles. The number of aliphatic hydroxyl groups is 1. The summed E-state index contributed by atoms with van der Waals surface area (Å²) in [5.74, 6) is -0.513. The van der Waals surface area contributed by atoms with E-state index in [1.807, 2.05) is 6.07 Å². The molecule has 0 saturated carbocycles. The molecular formula is C12H17N3O2. The van der Waals surface area contributed by atoms with Crippen molar-refractivity contribution in [2.75, 3.05) is 23.7 Å². The first-order chi connectivity index (χ1) is 8.09. The number of benzene rings is 1. The van der Waals surface area contributed by atoms with E-state index >= 15 is 0 Å². The van der Waals surface area contributed by atoms with Gasteiger partial charge in [0.15, 0.2) is 0 Å². The third-order valence-electron chi connectivity index (χ3n) is 3.15. The van der Waals surface area contributed by atoms with E-state index in [4.69, 9.17) is 11.5 Å². The highest BCUT2D eigenvalue weighted by molar-refractivity contribution is 6.00. The number of primary amides is 1. The Bertz CT molecular complexity index is 426. The number of aliphatic hydroxyl groups excluding tert-OH is 1. The third kappa shape index (κ3) is 2.34. The summed E-state index contributed by atoms with van der Waals surface area (Å²) in [7, 11) is 0. The number of piperidine rings is 1. The van der Waals surface area contributed by atoms with Gasteiger partial charge in [0.1, 0.15) is 0 Å². The maximum atomic E-state index is 11.2. The Kier molecular flexibility index (Phi) is 3.19. The van der Waals surface area contributed by atoms with Gasteiger partial charge in [-0.3, -0.25) is 4.79 Å². The van der Waals surface area contributed by atoms with Gasteiger partial charge in [0.25, 0.3) is 5.91 Å². The number of amides is 1. The number of para-hydroxylation sites is 1. The van der Waals surface area contributed by atoms with E-state index in [0.717, 1.165) is 31.6 Å². The first-order valence-corrected chi connectivity index (χ1v) is 5.71. The molecule has 5 heteroatoms. The smallest absolute Gasteiger partial charge is 0.250 e. The molecule has 5 nitrogen and oxygen atoms in total. The number of rotatable bonds is 2. The van der Waals surface area contributed by atoms with E-state index in [-0.39, 0.29) is 6.10 Å². The van der Waals surface area contributed by atoms with Gasteiger partial charge in [-0.1, -0.05) is 6.07 Å². The van der Waals surface area contributed by atoms with E-state index in [0.29, 0.717) is 11.3 Å². The second kappa shape index (κ2) is 4.63. The minimum Gasteiger partial charge on any atom is -0.396 e. The Hall–Kier alpha value is -1.75. The third-order valence-corrected chi connectivity index (χ3v) is 3.15. The molecule has 2 rings (SSSR count). The van der Waals surface area contributed by atoms with E-state index in [1.54, 1.807) is 12.1 Å². The lowest BCUT2D eigenvalue weighted by Crippen LogP contribution is -2.36. The van der Waals surface area contributed by atoms with Crippen LogP contribution in [0.1, 0.15) is 23.2 Å². The Labute approximate surface area is 100 Å². The van der Waals surface area contributed by atoms with Gasteiger partial charge in [0.2, 0.25) is 0 Å². The molecule has 1 aliphatic rings. The molecule has 0 unspecified atom stereocenters. The fourth-order valence-corrected chi connectivity index (χ4v) is 2.15. The Morgan fingerprint density at radius 3 is 2.59 bits per heavy atom. The van der Waals surface area contributed by atoms with E-state index < -0.39 is 5.91 Å². The van der Waals surface area contributed by atoms with Crippen LogP contribution >= 0.6 is 0 Å². The van der Waals surface area contributed by atoms with Crippen LogP contribution in [0.2, 0.25) is 0 Å². The molecule has 1 aromatic carbocycles. The van der Waals surface area contributed by atoms with E-state index in [2.05, 4.69) is 4.90 Å². The van der Waals surface area contributed by atoms with E-state index in [9.17, 15) is 9.90 Å². The molecule has 5 N–H and O–H groups in total. The number of hydrogen-bond acceptors (Lipinski definition) is 4. The largest absolute Gasteiger partial charge is 0.396 e. The second-order valence-electron chi connectivity index (χ2n) is 4.32. The van der Waals surface area contributed by atoms with Crippen LogP contribution in [0.25, 0.3) is 0 Å². The maximum Gasteiger partial charge on any atom is 0.250 e. The zero-order valence-corrected chi connectivity index (χ0v) is 9.60. The topological polar surface area (TPSA) is 92.6 Å². The number of anilines is 2. The molecule has 92 valence electrons. The highest BCUT2D eigenvalue weighted by Crippen LogP contribution is 2.28. The summed E-state index contributed by atoms with van der Waals surface area (Å²) in [5, 5.41) is 9.45. The van der Waals surface area contributed by atoms with Gasteiger partial charge in [-0.05, 0) is 25.0 Å². The first-order valence-electron chi connectivity index (χ1n) is 5.71. The molecule has 0 aromatic heterocycles. The van der Waals surface area contributed by atoms with Crippen LogP contribution in [0.3, 0.4) is 0 Å². The quantitative estimate of drug-likeness (QED) is 0.644. The molecule has 0 atom stereocenters. The standard InChI is InChI=1S/C12H17N3O2/c13-11-9(12(14)17)2-1-3-10(11)15-6-4-8(16)5-7-15/h1-3,8,16H,4-7,13H2,(H2,14,17). The number of hydrogen-bond donors (Lipinski definition) is 3. The van der Waals surface area contributed by atoms with Crippen LogP contribution < -0.4 is 16.4 Å². The van der Waals surface area contributed by atoms with Crippen molar-refractivity contribution in [2.24, 2.45) is 5.73 Å². The Morgan fingerprint density at radius 2 is 2.00 bits per heavy atom. The Morgan fingerprint density at radius 1 is 1.35 bits per heavy atom. The van der Waals surface area contributed by atoms with E-state index in [1.165, 1.54) is 0 Å². The van der Waals surface area contributed by atoms with Crippen LogP contribution in [0.4, 0.5) is 11.4 Å². The van der Waals surface area contributed by atoms with Crippen LogP contribution in [0.5, 0.6) is 0 Å². The maximum absolute atomic E-state index is 11.2. The summed E-state index contributed by atoms with van der Waals surface area (Å²) in [6.45, 7) is 1.49. The van der Waals surface area contributed by atoms with Crippen molar-refractivity contribution in [1.29, 1.82) is 0 Å². The fraction of sp³-hybridized carbons (Fsp3) is 0.417. The van der Waals surface area contributed by atoms with Crippen LogP contribution in [0.15, 0.2) is 18.2 Å². The predicted molar refractivity (Wildman–Crippen MR) is 66.8 cm³/mol. The van der Waals surface area contributed by atoms with Crippen molar-refractivity contribution in [1.82, 2.24) is 0 Å². The van der Waals surface area contributed by atoms with Crippen molar-refractivity contribution in [2.45, 2.75) is 18.9 Å². The monoisotopic (exact) mass is 235 g/mol. The van der Waals surface area contributed by atoms with Gasteiger partial charge < -0.3 is 21.5 Å². The lowest BCUT2D eigenvalue weighted by atomic mass is 10.0. The predicted octanol–water partition coefficient (Wildman–Crippen LogP) is 0.329. The summed E-state index contributed by atoms with van der Waals surface area (Å²) in [5.41, 5.74) is 12.8. The SMILES string of the molecule is NC(=O)c1cccc(N2CCC(O)CC2)c1N. The highest BCUT2D eigenvalue weighted by Gasteiger charge is 2.20. The van der Waals surface area contributed by atoms with Gasteiger partial charge >= 0.3 is 0 Å². The lowest BCUT2D eigenvalue weighted by molar-refractivity contribution is 0.100. The first kappa shape index (κ1) is 11.7. The molecule has 1 fully saturated rings. The van der Waals surface area contributed by atoms with Gasteiger partial charge in [0, 0.05) is 13.1 Å².